The van der Waals surface area contributed by atoms with E-state index in [0.717, 1.165) is 38.3 Å². The minimum atomic E-state index is 0.00647. The van der Waals surface area contributed by atoms with Crippen LogP contribution >= 0.6 is 11.6 Å². The van der Waals surface area contributed by atoms with Crippen LogP contribution in [0.25, 0.3) is 0 Å². The van der Waals surface area contributed by atoms with Crippen LogP contribution in [-0.2, 0) is 17.9 Å². The summed E-state index contributed by atoms with van der Waals surface area (Å²) in [6, 6.07) is 0.00647. The third kappa shape index (κ3) is 1.93. The first-order chi connectivity index (χ1) is 8.25. The molecule has 0 aliphatic carbocycles. The molecule has 0 aromatic carbocycles. The summed E-state index contributed by atoms with van der Waals surface area (Å²) in [4.78, 5) is 18.3. The first kappa shape index (κ1) is 11.0. The van der Waals surface area contributed by atoms with E-state index in [1.165, 1.54) is 0 Å². The standard InChI is InChI=1S/C11H15ClN4O/c12-9-6-14-10-7-15(4-5-16(9)10)11(17)8-2-1-3-13-8/h6,8,13H,1-5,7H2. The van der Waals surface area contributed by atoms with Gasteiger partial charge in [-0.15, -0.1) is 0 Å². The molecule has 0 bridgehead atoms. The van der Waals surface area contributed by atoms with Crippen LogP contribution in [0.5, 0.6) is 0 Å². The van der Waals surface area contributed by atoms with Gasteiger partial charge < -0.3 is 14.8 Å². The SMILES string of the molecule is O=C(C1CCCN1)N1CCn2c(Cl)cnc2C1. The minimum Gasteiger partial charge on any atom is -0.332 e. The van der Waals surface area contributed by atoms with Crippen molar-refractivity contribution in [2.24, 2.45) is 0 Å². The molecule has 92 valence electrons. The van der Waals surface area contributed by atoms with Crippen molar-refractivity contribution < 1.29 is 4.79 Å². The Balaban J connectivity index is 1.73. The number of nitrogens with zero attached hydrogens (tertiary/aromatic N) is 3. The number of rotatable bonds is 1. The maximum absolute atomic E-state index is 12.2. The zero-order valence-electron chi connectivity index (χ0n) is 9.53. The molecule has 1 aromatic rings. The van der Waals surface area contributed by atoms with E-state index in [4.69, 9.17) is 11.6 Å². The van der Waals surface area contributed by atoms with E-state index in [2.05, 4.69) is 10.3 Å². The fourth-order valence-electron chi connectivity index (χ4n) is 2.53. The lowest BCUT2D eigenvalue weighted by atomic mass is 10.2. The monoisotopic (exact) mass is 254 g/mol. The average molecular weight is 255 g/mol. The number of halogens is 1. The van der Waals surface area contributed by atoms with Crippen LogP contribution in [0, 0.1) is 0 Å². The van der Waals surface area contributed by atoms with Gasteiger partial charge in [0.05, 0.1) is 18.8 Å². The quantitative estimate of drug-likeness (QED) is 0.800. The van der Waals surface area contributed by atoms with Gasteiger partial charge in [-0.2, -0.15) is 0 Å². The van der Waals surface area contributed by atoms with Crippen molar-refractivity contribution in [3.05, 3.63) is 17.2 Å². The number of carbonyl (C=O) groups is 1. The highest BCUT2D eigenvalue weighted by molar-refractivity contribution is 6.29. The molecule has 2 aliphatic heterocycles. The average Bonchev–Trinajstić information content (AvgIpc) is 2.98. The predicted octanol–water partition coefficient (Wildman–Crippen LogP) is 0.631. The van der Waals surface area contributed by atoms with Gasteiger partial charge in [-0.3, -0.25) is 4.79 Å². The second kappa shape index (κ2) is 4.31. The lowest BCUT2D eigenvalue weighted by Gasteiger charge is -2.30. The summed E-state index contributed by atoms with van der Waals surface area (Å²) in [6.45, 7) is 2.99. The van der Waals surface area contributed by atoms with Crippen LogP contribution in [0.2, 0.25) is 5.15 Å². The van der Waals surface area contributed by atoms with Crippen LogP contribution in [0.1, 0.15) is 18.7 Å². The number of amides is 1. The van der Waals surface area contributed by atoms with Crippen molar-refractivity contribution >= 4 is 17.5 Å². The molecule has 0 radical (unpaired) electrons. The molecule has 1 atom stereocenters. The summed E-state index contributed by atoms with van der Waals surface area (Å²) >= 11 is 6.00. The molecule has 1 N–H and O–H groups in total. The molecule has 3 rings (SSSR count). The van der Waals surface area contributed by atoms with Gasteiger partial charge in [-0.25, -0.2) is 4.98 Å². The Morgan fingerprint density at radius 3 is 3.18 bits per heavy atom. The third-order valence-electron chi connectivity index (χ3n) is 3.49. The Morgan fingerprint density at radius 1 is 1.53 bits per heavy atom. The number of hydrogen-bond acceptors (Lipinski definition) is 3. The van der Waals surface area contributed by atoms with Gasteiger partial charge in [0.1, 0.15) is 11.0 Å². The molecule has 17 heavy (non-hydrogen) atoms. The van der Waals surface area contributed by atoms with E-state index >= 15 is 0 Å². The highest BCUT2D eigenvalue weighted by atomic mass is 35.5. The summed E-state index contributed by atoms with van der Waals surface area (Å²) in [5.74, 6) is 1.08. The van der Waals surface area contributed by atoms with Crippen LogP contribution in [0.15, 0.2) is 6.20 Å². The summed E-state index contributed by atoms with van der Waals surface area (Å²) < 4.78 is 1.97. The molecular weight excluding hydrogens is 240 g/mol. The first-order valence-electron chi connectivity index (χ1n) is 5.98. The lowest BCUT2D eigenvalue weighted by Crippen LogP contribution is -2.46. The van der Waals surface area contributed by atoms with Crippen LogP contribution in [0.3, 0.4) is 0 Å². The molecule has 0 saturated carbocycles. The predicted molar refractivity (Wildman–Crippen MR) is 63.7 cm³/mol. The fraction of sp³-hybridized carbons (Fsp3) is 0.636. The van der Waals surface area contributed by atoms with Gasteiger partial charge in [0.15, 0.2) is 0 Å². The van der Waals surface area contributed by atoms with Gasteiger partial charge in [0.2, 0.25) is 5.91 Å². The normalized spacial score (nSPS) is 23.8. The molecule has 2 aliphatic rings. The van der Waals surface area contributed by atoms with Gasteiger partial charge in [0.25, 0.3) is 0 Å². The van der Waals surface area contributed by atoms with E-state index in [1.54, 1.807) is 6.20 Å². The van der Waals surface area contributed by atoms with Crippen LogP contribution < -0.4 is 5.32 Å². The number of aromatic nitrogens is 2. The van der Waals surface area contributed by atoms with Gasteiger partial charge >= 0.3 is 0 Å². The number of hydrogen-bond donors (Lipinski definition) is 1. The number of fused-ring (bicyclic) bond motifs is 1. The Hall–Kier alpha value is -1.07. The molecule has 1 amide bonds. The van der Waals surface area contributed by atoms with Crippen molar-refractivity contribution in [3.63, 3.8) is 0 Å². The molecule has 6 heteroatoms. The minimum absolute atomic E-state index is 0.00647. The van der Waals surface area contributed by atoms with Crippen molar-refractivity contribution in [2.75, 3.05) is 13.1 Å². The molecule has 1 unspecified atom stereocenters. The lowest BCUT2D eigenvalue weighted by molar-refractivity contribution is -0.134. The second-order valence-electron chi connectivity index (χ2n) is 4.56. The van der Waals surface area contributed by atoms with Crippen molar-refractivity contribution in [1.29, 1.82) is 0 Å². The molecule has 1 aromatic heterocycles. The Labute approximate surface area is 105 Å². The van der Waals surface area contributed by atoms with E-state index < -0.39 is 0 Å². The molecule has 5 nitrogen and oxygen atoms in total. The molecular formula is C11H15ClN4O. The molecule has 1 fully saturated rings. The van der Waals surface area contributed by atoms with Crippen LogP contribution in [0.4, 0.5) is 0 Å². The molecule has 0 spiro atoms. The van der Waals surface area contributed by atoms with Crippen LogP contribution in [-0.4, -0.2) is 39.5 Å². The molecule has 1 saturated heterocycles. The molecule has 3 heterocycles. The summed E-state index contributed by atoms with van der Waals surface area (Å²) in [5, 5.41) is 3.90. The van der Waals surface area contributed by atoms with E-state index in [-0.39, 0.29) is 11.9 Å². The first-order valence-corrected chi connectivity index (χ1v) is 6.35. The van der Waals surface area contributed by atoms with E-state index in [9.17, 15) is 4.79 Å². The van der Waals surface area contributed by atoms with Gasteiger partial charge in [0, 0.05) is 13.1 Å². The zero-order chi connectivity index (χ0) is 11.8. The topological polar surface area (TPSA) is 50.2 Å². The zero-order valence-corrected chi connectivity index (χ0v) is 10.3. The smallest absolute Gasteiger partial charge is 0.240 e. The van der Waals surface area contributed by atoms with Gasteiger partial charge in [-0.05, 0) is 19.4 Å². The second-order valence-corrected chi connectivity index (χ2v) is 4.94. The van der Waals surface area contributed by atoms with E-state index in [1.807, 2.05) is 9.47 Å². The third-order valence-corrected chi connectivity index (χ3v) is 3.79. The maximum atomic E-state index is 12.2. The highest BCUT2D eigenvalue weighted by Crippen LogP contribution is 2.19. The number of carbonyl (C=O) groups excluding carboxylic acids is 1. The van der Waals surface area contributed by atoms with Crippen molar-refractivity contribution in [2.45, 2.75) is 32.0 Å². The van der Waals surface area contributed by atoms with Gasteiger partial charge in [-0.1, -0.05) is 11.6 Å². The Kier molecular flexibility index (Phi) is 2.80. The van der Waals surface area contributed by atoms with Crippen molar-refractivity contribution in [3.8, 4) is 0 Å². The highest BCUT2D eigenvalue weighted by Gasteiger charge is 2.29. The number of imidazole rings is 1. The Bertz CT molecular complexity index is 439. The fourth-order valence-corrected chi connectivity index (χ4v) is 2.76. The maximum Gasteiger partial charge on any atom is 0.240 e. The Morgan fingerprint density at radius 2 is 2.41 bits per heavy atom. The number of nitrogens with one attached hydrogen (secondary N) is 1. The largest absolute Gasteiger partial charge is 0.332 e. The van der Waals surface area contributed by atoms with E-state index in [0.29, 0.717) is 11.7 Å². The summed E-state index contributed by atoms with van der Waals surface area (Å²) in [5.41, 5.74) is 0. The summed E-state index contributed by atoms with van der Waals surface area (Å²) in [7, 11) is 0. The van der Waals surface area contributed by atoms with Crippen molar-refractivity contribution in [1.82, 2.24) is 19.8 Å². The summed E-state index contributed by atoms with van der Waals surface area (Å²) in [6.07, 6.45) is 3.69.